The van der Waals surface area contributed by atoms with Crippen molar-refractivity contribution in [1.29, 1.82) is 0 Å². The second-order valence-electron chi connectivity index (χ2n) is 6.17. The largest absolute Gasteiger partial charge is 0.491 e. The molecule has 0 spiro atoms. The zero-order chi connectivity index (χ0) is 18.1. The molecule has 0 aliphatic heterocycles. The highest BCUT2D eigenvalue weighted by atomic mass is 35.5. The van der Waals surface area contributed by atoms with E-state index in [1.54, 1.807) is 0 Å². The van der Waals surface area contributed by atoms with Crippen molar-refractivity contribution in [2.75, 3.05) is 18.5 Å². The molecule has 0 aliphatic rings. The Kier molecular flexibility index (Phi) is 9.73. The topological polar surface area (TPSA) is 73.6 Å². The van der Waals surface area contributed by atoms with Gasteiger partial charge in [-0.1, -0.05) is 44.2 Å². The van der Waals surface area contributed by atoms with Crippen LogP contribution >= 0.6 is 12.4 Å². The molecule has 6 heteroatoms. The number of carbonyl (C=O) groups is 1. The zero-order valence-electron chi connectivity index (χ0n) is 15.2. The number of halogens is 1. The van der Waals surface area contributed by atoms with E-state index in [1.807, 2.05) is 68.4 Å². The lowest BCUT2D eigenvalue weighted by Gasteiger charge is -2.15. The quantitative estimate of drug-likeness (QED) is 0.653. The van der Waals surface area contributed by atoms with E-state index in [0.717, 1.165) is 17.0 Å². The molecule has 2 rings (SSSR count). The Morgan fingerprint density at radius 2 is 1.81 bits per heavy atom. The first kappa shape index (κ1) is 22.0. The molecule has 0 radical (unpaired) electrons. The van der Waals surface area contributed by atoms with Crippen LogP contribution in [0.4, 0.5) is 5.69 Å². The van der Waals surface area contributed by atoms with E-state index < -0.39 is 6.04 Å². The van der Waals surface area contributed by atoms with Crippen LogP contribution < -0.4 is 15.8 Å². The Bertz CT molecular complexity index is 665. The van der Waals surface area contributed by atoms with Crippen LogP contribution in [0.3, 0.4) is 0 Å². The van der Waals surface area contributed by atoms with Crippen LogP contribution in [-0.2, 0) is 16.1 Å². The number of benzene rings is 2. The molecule has 0 heterocycles. The average Bonchev–Trinajstić information content (AvgIpc) is 2.62. The minimum atomic E-state index is -0.518. The van der Waals surface area contributed by atoms with E-state index in [9.17, 15) is 4.79 Å². The van der Waals surface area contributed by atoms with Crippen molar-refractivity contribution < 1.29 is 14.3 Å². The van der Waals surface area contributed by atoms with Gasteiger partial charge in [0.1, 0.15) is 12.4 Å². The second-order valence-corrected chi connectivity index (χ2v) is 6.17. The van der Waals surface area contributed by atoms with Crippen LogP contribution in [0.2, 0.25) is 0 Å². The van der Waals surface area contributed by atoms with Crippen molar-refractivity contribution in [3.8, 4) is 5.75 Å². The molecule has 0 saturated heterocycles. The number of para-hydroxylation sites is 1. The van der Waals surface area contributed by atoms with E-state index in [2.05, 4.69) is 5.32 Å². The molecule has 0 bridgehead atoms. The standard InChI is InChI=1S/C20H26N2O3.ClH/c1-15(2)19(21)20(23)22-17-8-6-7-16(13-17)14-24-11-12-25-18-9-4-3-5-10-18;/h3-10,13,15,19H,11-12,14,21H2,1-2H3,(H,22,23);1H/t19-;/m0./s1. The summed E-state index contributed by atoms with van der Waals surface area (Å²) < 4.78 is 11.2. The number of anilines is 1. The lowest BCUT2D eigenvalue weighted by molar-refractivity contribution is -0.118. The van der Waals surface area contributed by atoms with Crippen LogP contribution in [0, 0.1) is 5.92 Å². The average molecular weight is 379 g/mol. The molecule has 0 fully saturated rings. The lowest BCUT2D eigenvalue weighted by atomic mass is 10.0. The normalized spacial score (nSPS) is 11.5. The molecular weight excluding hydrogens is 352 g/mol. The number of nitrogens with two attached hydrogens (primary N) is 1. The summed E-state index contributed by atoms with van der Waals surface area (Å²) in [6.07, 6.45) is 0. The fraction of sp³-hybridized carbons (Fsp3) is 0.350. The zero-order valence-corrected chi connectivity index (χ0v) is 16.0. The fourth-order valence-electron chi connectivity index (χ4n) is 2.19. The van der Waals surface area contributed by atoms with Gasteiger partial charge in [0, 0.05) is 5.69 Å². The monoisotopic (exact) mass is 378 g/mol. The molecule has 1 atom stereocenters. The molecule has 0 aliphatic carbocycles. The molecule has 0 aromatic heterocycles. The summed E-state index contributed by atoms with van der Waals surface area (Å²) in [6, 6.07) is 16.7. The van der Waals surface area contributed by atoms with E-state index >= 15 is 0 Å². The Labute approximate surface area is 161 Å². The fourth-order valence-corrected chi connectivity index (χ4v) is 2.19. The highest BCUT2D eigenvalue weighted by molar-refractivity contribution is 5.94. The van der Waals surface area contributed by atoms with E-state index in [1.165, 1.54) is 0 Å². The maximum Gasteiger partial charge on any atom is 0.241 e. The number of hydrogen-bond donors (Lipinski definition) is 2. The van der Waals surface area contributed by atoms with Crippen LogP contribution in [0.25, 0.3) is 0 Å². The van der Waals surface area contributed by atoms with Gasteiger partial charge in [0.05, 0.1) is 19.3 Å². The van der Waals surface area contributed by atoms with Crippen molar-refractivity contribution in [2.45, 2.75) is 26.5 Å². The predicted molar refractivity (Wildman–Crippen MR) is 107 cm³/mol. The molecule has 26 heavy (non-hydrogen) atoms. The highest BCUT2D eigenvalue weighted by Crippen LogP contribution is 2.13. The Morgan fingerprint density at radius 3 is 2.50 bits per heavy atom. The lowest BCUT2D eigenvalue weighted by Crippen LogP contribution is -2.39. The molecule has 2 aromatic rings. The minimum Gasteiger partial charge on any atom is -0.491 e. The first-order chi connectivity index (χ1) is 12.1. The van der Waals surface area contributed by atoms with Gasteiger partial charge in [0.2, 0.25) is 5.91 Å². The number of amides is 1. The van der Waals surface area contributed by atoms with Crippen LogP contribution in [0.5, 0.6) is 5.75 Å². The Balaban J connectivity index is 0.00000338. The van der Waals surface area contributed by atoms with Crippen molar-refractivity contribution in [3.63, 3.8) is 0 Å². The third kappa shape index (κ3) is 7.44. The summed E-state index contributed by atoms with van der Waals surface area (Å²) in [4.78, 5) is 12.0. The van der Waals surface area contributed by atoms with Gasteiger partial charge in [-0.05, 0) is 35.7 Å². The highest BCUT2D eigenvalue weighted by Gasteiger charge is 2.17. The van der Waals surface area contributed by atoms with Crippen molar-refractivity contribution >= 4 is 24.0 Å². The molecule has 1 amide bonds. The smallest absolute Gasteiger partial charge is 0.241 e. The minimum absolute atomic E-state index is 0. The van der Waals surface area contributed by atoms with Crippen molar-refractivity contribution in [3.05, 3.63) is 60.2 Å². The van der Waals surface area contributed by atoms with Gasteiger partial charge in [-0.25, -0.2) is 0 Å². The summed E-state index contributed by atoms with van der Waals surface area (Å²) in [5, 5.41) is 2.84. The van der Waals surface area contributed by atoms with Crippen molar-refractivity contribution in [1.82, 2.24) is 0 Å². The van der Waals surface area contributed by atoms with Gasteiger partial charge in [-0.15, -0.1) is 12.4 Å². The predicted octanol–water partition coefficient (Wildman–Crippen LogP) is 3.63. The summed E-state index contributed by atoms with van der Waals surface area (Å²) in [6.45, 7) is 5.28. The molecule has 142 valence electrons. The molecule has 0 saturated carbocycles. The van der Waals surface area contributed by atoms with Crippen LogP contribution in [0.15, 0.2) is 54.6 Å². The number of nitrogens with one attached hydrogen (secondary N) is 1. The maximum absolute atomic E-state index is 12.0. The number of ether oxygens (including phenoxy) is 2. The van der Waals surface area contributed by atoms with Gasteiger partial charge < -0.3 is 20.5 Å². The van der Waals surface area contributed by atoms with Crippen molar-refractivity contribution in [2.24, 2.45) is 11.7 Å². The van der Waals surface area contributed by atoms with E-state index in [4.69, 9.17) is 15.2 Å². The molecule has 3 N–H and O–H groups in total. The van der Waals surface area contributed by atoms with Gasteiger partial charge in [0.25, 0.3) is 0 Å². The molecular formula is C20H27ClN2O3. The Hall–Kier alpha value is -2.08. The number of carbonyl (C=O) groups excluding carboxylic acids is 1. The number of rotatable bonds is 9. The first-order valence-corrected chi connectivity index (χ1v) is 8.47. The third-order valence-electron chi connectivity index (χ3n) is 3.72. The SMILES string of the molecule is CC(C)[C@H](N)C(=O)Nc1cccc(COCCOc2ccccc2)c1.Cl. The second kappa shape index (κ2) is 11.5. The van der Waals surface area contributed by atoms with Crippen LogP contribution in [0.1, 0.15) is 19.4 Å². The molecule has 0 unspecified atom stereocenters. The van der Waals surface area contributed by atoms with Gasteiger partial charge in [-0.2, -0.15) is 0 Å². The van der Waals surface area contributed by atoms with Gasteiger partial charge in [0.15, 0.2) is 0 Å². The third-order valence-corrected chi connectivity index (χ3v) is 3.72. The van der Waals surface area contributed by atoms with E-state index in [0.29, 0.717) is 19.8 Å². The van der Waals surface area contributed by atoms with Gasteiger partial charge >= 0.3 is 0 Å². The van der Waals surface area contributed by atoms with E-state index in [-0.39, 0.29) is 24.2 Å². The summed E-state index contributed by atoms with van der Waals surface area (Å²) in [5.74, 6) is 0.748. The molecule has 2 aromatic carbocycles. The molecule has 5 nitrogen and oxygen atoms in total. The maximum atomic E-state index is 12.0. The van der Waals surface area contributed by atoms with Crippen LogP contribution in [-0.4, -0.2) is 25.2 Å². The first-order valence-electron chi connectivity index (χ1n) is 8.47. The summed E-state index contributed by atoms with van der Waals surface area (Å²) in [7, 11) is 0. The number of hydrogen-bond acceptors (Lipinski definition) is 4. The summed E-state index contributed by atoms with van der Waals surface area (Å²) in [5.41, 5.74) is 7.56. The van der Waals surface area contributed by atoms with Gasteiger partial charge in [-0.3, -0.25) is 4.79 Å². The Morgan fingerprint density at radius 1 is 1.08 bits per heavy atom. The summed E-state index contributed by atoms with van der Waals surface area (Å²) >= 11 is 0.